The Labute approximate surface area is 265 Å². The van der Waals surface area contributed by atoms with Crippen LogP contribution in [-0.2, 0) is 10.8 Å². The normalized spacial score (nSPS) is 36.5. The van der Waals surface area contributed by atoms with Crippen molar-refractivity contribution in [2.45, 2.75) is 97.7 Å². The van der Waals surface area contributed by atoms with E-state index in [4.69, 9.17) is 8.83 Å². The second-order valence-corrected chi connectivity index (χ2v) is 18.1. The summed E-state index contributed by atoms with van der Waals surface area (Å²) in [6.45, 7) is 0. The minimum absolute atomic E-state index is 0.292. The molecule has 8 fully saturated rings. The molecule has 0 amide bonds. The van der Waals surface area contributed by atoms with Gasteiger partial charge in [0.05, 0.1) is 0 Å². The number of rotatable bonds is 5. The van der Waals surface area contributed by atoms with Gasteiger partial charge in [-0.25, -0.2) is 9.59 Å². The first-order valence-electron chi connectivity index (χ1n) is 16.9. The Morgan fingerprint density at radius 3 is 1.18 bits per heavy atom. The first-order valence-corrected chi connectivity index (χ1v) is 19.1. The summed E-state index contributed by atoms with van der Waals surface area (Å²) < 4.78 is 11.6. The van der Waals surface area contributed by atoms with Gasteiger partial charge in [0, 0.05) is 10.8 Å². The van der Waals surface area contributed by atoms with E-state index >= 15 is 0 Å². The molecule has 2 heterocycles. The summed E-state index contributed by atoms with van der Waals surface area (Å²) in [6, 6.07) is 17.0. The molecule has 0 aliphatic heterocycles. The molecule has 8 aliphatic rings. The number of fused-ring (bicyclic) bond motifs is 2. The van der Waals surface area contributed by atoms with Crippen LogP contribution >= 0.6 is 21.6 Å². The number of hydrogen-bond acceptors (Lipinski definition) is 6. The van der Waals surface area contributed by atoms with E-state index in [-0.39, 0.29) is 11.3 Å². The fourth-order valence-electron chi connectivity index (χ4n) is 12.0. The van der Waals surface area contributed by atoms with Gasteiger partial charge in [0.15, 0.2) is 0 Å². The average Bonchev–Trinajstić information content (AvgIpc) is 2.98. The monoisotopic (exact) mass is 622 g/mol. The Hall–Kier alpha value is -2.44. The lowest BCUT2D eigenvalue weighted by atomic mass is 9.48. The third kappa shape index (κ3) is 4.18. The third-order valence-electron chi connectivity index (χ3n) is 12.9. The zero-order chi connectivity index (χ0) is 29.2. The summed E-state index contributed by atoms with van der Waals surface area (Å²) in [7, 11) is 2.61. The van der Waals surface area contributed by atoms with E-state index in [1.165, 1.54) is 110 Å². The first kappa shape index (κ1) is 26.7. The fraction of sp³-hybridized carbons (Fsp3) is 0.526. The van der Waals surface area contributed by atoms with Crippen LogP contribution in [0.3, 0.4) is 0 Å². The molecule has 8 saturated carbocycles. The van der Waals surface area contributed by atoms with E-state index in [1.54, 1.807) is 0 Å². The molecule has 8 aliphatic carbocycles. The lowest BCUT2D eigenvalue weighted by molar-refractivity contribution is -0.00525. The van der Waals surface area contributed by atoms with Crippen molar-refractivity contribution in [2.24, 2.45) is 35.5 Å². The zero-order valence-corrected chi connectivity index (χ0v) is 26.7. The van der Waals surface area contributed by atoms with Crippen LogP contribution in [0.1, 0.15) is 88.2 Å². The quantitative estimate of drug-likeness (QED) is 0.163. The highest BCUT2D eigenvalue weighted by Crippen LogP contribution is 2.62. The summed E-state index contributed by atoms with van der Waals surface area (Å²) in [5, 5.41) is 1.96. The van der Waals surface area contributed by atoms with E-state index in [2.05, 4.69) is 24.3 Å². The molecule has 6 heteroatoms. The summed E-state index contributed by atoms with van der Waals surface area (Å²) in [5.74, 6) is 5.28. The predicted molar refractivity (Wildman–Crippen MR) is 176 cm³/mol. The van der Waals surface area contributed by atoms with Crippen LogP contribution in [0.5, 0.6) is 0 Å². The van der Waals surface area contributed by atoms with Crippen LogP contribution in [0.25, 0.3) is 21.9 Å². The van der Waals surface area contributed by atoms with E-state index in [9.17, 15) is 9.59 Å². The van der Waals surface area contributed by atoms with Gasteiger partial charge in [0.25, 0.3) is 0 Å². The van der Waals surface area contributed by atoms with Crippen LogP contribution in [0.4, 0.5) is 0 Å². The van der Waals surface area contributed by atoms with Crippen LogP contribution in [-0.4, -0.2) is 0 Å². The minimum Gasteiger partial charge on any atom is -0.422 e. The van der Waals surface area contributed by atoms with Gasteiger partial charge >= 0.3 is 11.3 Å². The van der Waals surface area contributed by atoms with Crippen LogP contribution < -0.4 is 11.3 Å². The summed E-state index contributed by atoms with van der Waals surface area (Å²) >= 11 is 0. The molecule has 0 radical (unpaired) electrons. The predicted octanol–water partition coefficient (Wildman–Crippen LogP) is 9.63. The minimum atomic E-state index is -0.355. The zero-order valence-electron chi connectivity index (χ0n) is 25.0. The molecule has 0 saturated heterocycles. The first-order chi connectivity index (χ1) is 21.4. The highest BCUT2D eigenvalue weighted by Gasteiger charge is 2.52. The molecule has 44 heavy (non-hydrogen) atoms. The molecule has 226 valence electrons. The second kappa shape index (κ2) is 9.54. The fourth-order valence-corrected chi connectivity index (χ4v) is 14.0. The molecule has 0 atom stereocenters. The number of hydrogen-bond donors (Lipinski definition) is 0. The maximum atomic E-state index is 13.0. The molecule has 0 unspecified atom stereocenters. The van der Waals surface area contributed by atoms with E-state index < -0.39 is 0 Å². The van der Waals surface area contributed by atoms with Crippen molar-refractivity contribution in [3.8, 4) is 0 Å². The third-order valence-corrected chi connectivity index (χ3v) is 15.3. The standard InChI is InChI=1S/C38H38O4S2/c39-35-33(13-27-11-29(1-3-31(27)41-35)37-15-21-5-22(16-37)7-23(6-21)17-37)43-44-34-14-28-12-30(2-4-32(28)42-36(34)40)38-18-24-8-25(19-38)10-26(9-24)20-38/h1-4,11-14,21-26H,5-10,15-20H2. The van der Waals surface area contributed by atoms with Gasteiger partial charge in [-0.1, -0.05) is 12.1 Å². The Morgan fingerprint density at radius 2 is 0.841 bits per heavy atom. The van der Waals surface area contributed by atoms with E-state index in [0.717, 1.165) is 46.3 Å². The van der Waals surface area contributed by atoms with Crippen molar-refractivity contribution in [2.75, 3.05) is 0 Å². The van der Waals surface area contributed by atoms with Gasteiger partial charge in [0.2, 0.25) is 0 Å². The van der Waals surface area contributed by atoms with Gasteiger partial charge in [-0.2, -0.15) is 0 Å². The van der Waals surface area contributed by atoms with E-state index in [1.807, 2.05) is 24.3 Å². The van der Waals surface area contributed by atoms with Gasteiger partial charge in [0.1, 0.15) is 21.0 Å². The molecule has 0 N–H and O–H groups in total. The molecular weight excluding hydrogens is 585 g/mol. The highest BCUT2D eigenvalue weighted by atomic mass is 33.1. The summed E-state index contributed by atoms with van der Waals surface area (Å²) in [4.78, 5) is 27.1. The maximum absolute atomic E-state index is 13.0. The molecule has 12 rings (SSSR count). The highest BCUT2D eigenvalue weighted by molar-refractivity contribution is 8.76. The Bertz CT molecular complexity index is 1740. The van der Waals surface area contributed by atoms with Crippen molar-refractivity contribution in [3.63, 3.8) is 0 Å². The van der Waals surface area contributed by atoms with Crippen molar-refractivity contribution < 1.29 is 8.83 Å². The van der Waals surface area contributed by atoms with Crippen molar-refractivity contribution in [3.05, 3.63) is 80.5 Å². The Kier molecular flexibility index (Phi) is 5.80. The maximum Gasteiger partial charge on any atom is 0.350 e. The molecule has 2 aromatic carbocycles. The molecular formula is C38H38O4S2. The van der Waals surface area contributed by atoms with Crippen LogP contribution in [0.15, 0.2) is 76.7 Å². The Balaban J connectivity index is 0.944. The lowest BCUT2D eigenvalue weighted by Gasteiger charge is -2.57. The molecule has 4 aromatic rings. The largest absolute Gasteiger partial charge is 0.422 e. The Morgan fingerprint density at radius 1 is 0.500 bits per heavy atom. The number of benzene rings is 2. The average molecular weight is 623 g/mol. The second-order valence-electron chi connectivity index (χ2n) is 15.9. The topological polar surface area (TPSA) is 60.4 Å². The SMILES string of the molecule is O=c1oc2ccc(C34CC5CC(CC(C5)C3)C4)cc2cc1SSc1cc2cc(C34CC5CC(CC(C5)C3)C4)ccc2oc1=O. The van der Waals surface area contributed by atoms with E-state index in [0.29, 0.717) is 31.8 Å². The summed E-state index contributed by atoms with van der Waals surface area (Å²) in [5.41, 5.74) is 4.00. The van der Waals surface area contributed by atoms with Crippen LogP contribution in [0.2, 0.25) is 0 Å². The molecule has 8 bridgehead atoms. The molecule has 0 spiro atoms. The summed E-state index contributed by atoms with van der Waals surface area (Å²) in [6.07, 6.45) is 16.4. The van der Waals surface area contributed by atoms with Crippen molar-refractivity contribution in [1.29, 1.82) is 0 Å². The van der Waals surface area contributed by atoms with Gasteiger partial charge in [-0.3, -0.25) is 0 Å². The van der Waals surface area contributed by atoms with Gasteiger partial charge in [-0.15, -0.1) is 0 Å². The van der Waals surface area contributed by atoms with Gasteiger partial charge < -0.3 is 8.83 Å². The molecule has 4 nitrogen and oxygen atoms in total. The van der Waals surface area contributed by atoms with Crippen molar-refractivity contribution in [1.82, 2.24) is 0 Å². The van der Waals surface area contributed by atoms with Crippen LogP contribution in [0, 0.1) is 35.5 Å². The van der Waals surface area contributed by atoms with Gasteiger partial charge in [-0.05, 0) is 193 Å². The smallest absolute Gasteiger partial charge is 0.350 e. The van der Waals surface area contributed by atoms with Crippen molar-refractivity contribution >= 4 is 43.5 Å². The lowest BCUT2D eigenvalue weighted by Crippen LogP contribution is -2.48. The molecule has 2 aromatic heterocycles.